The van der Waals surface area contributed by atoms with Crippen LogP contribution in [0.4, 0.5) is 0 Å². The summed E-state index contributed by atoms with van der Waals surface area (Å²) in [5, 5.41) is 1.91. The highest BCUT2D eigenvalue weighted by molar-refractivity contribution is 7.18. The monoisotopic (exact) mass is 420 g/mol. The van der Waals surface area contributed by atoms with Gasteiger partial charge in [0.2, 0.25) is 0 Å². The van der Waals surface area contributed by atoms with Gasteiger partial charge in [-0.2, -0.15) is 0 Å². The molecule has 27 heavy (non-hydrogen) atoms. The number of hydrogen-bond donors (Lipinski definition) is 0. The van der Waals surface area contributed by atoms with E-state index in [9.17, 15) is 4.79 Å². The first-order chi connectivity index (χ1) is 13.0. The highest BCUT2D eigenvalue weighted by atomic mass is 35.5. The first-order valence-corrected chi connectivity index (χ1v) is 10.4. The Balaban J connectivity index is 1.53. The molecule has 4 nitrogen and oxygen atoms in total. The van der Waals surface area contributed by atoms with E-state index in [4.69, 9.17) is 32.9 Å². The summed E-state index contributed by atoms with van der Waals surface area (Å²) in [7, 11) is 0. The minimum atomic E-state index is -0.640. The van der Waals surface area contributed by atoms with Gasteiger partial charge in [-0.25, -0.2) is 4.98 Å². The van der Waals surface area contributed by atoms with Gasteiger partial charge >= 0.3 is 0 Å². The summed E-state index contributed by atoms with van der Waals surface area (Å²) in [6, 6.07) is 13.0. The quantitative estimate of drug-likeness (QED) is 0.540. The molecule has 1 aliphatic rings. The molecular formula is C20H18Cl2N2O2S. The van der Waals surface area contributed by atoms with Crippen molar-refractivity contribution >= 4 is 50.7 Å². The first-order valence-electron chi connectivity index (χ1n) is 8.80. The SMILES string of the molecule is CC(Oc1ccc(Cl)cc1Cl)C(=O)N1CCCC1c1nc2ccccc2s1. The predicted octanol–water partition coefficient (Wildman–Crippen LogP) is 5.73. The van der Waals surface area contributed by atoms with Crippen LogP contribution >= 0.6 is 34.5 Å². The molecule has 4 rings (SSSR count). The standard InChI is InChI=1S/C20H18Cl2N2O2S/c1-12(26-17-9-8-13(21)11-14(17)22)20(25)24-10-4-6-16(24)19-23-15-5-2-3-7-18(15)27-19/h2-3,5,7-9,11-12,16H,4,6,10H2,1H3. The lowest BCUT2D eigenvalue weighted by Crippen LogP contribution is -2.40. The Morgan fingerprint density at radius 2 is 2.11 bits per heavy atom. The van der Waals surface area contributed by atoms with Crippen molar-refractivity contribution in [3.05, 3.63) is 57.5 Å². The summed E-state index contributed by atoms with van der Waals surface area (Å²) in [6.45, 7) is 2.46. The zero-order chi connectivity index (χ0) is 19.0. The highest BCUT2D eigenvalue weighted by Gasteiger charge is 2.35. The van der Waals surface area contributed by atoms with Crippen LogP contribution in [0.1, 0.15) is 30.8 Å². The molecule has 1 fully saturated rings. The molecular weight excluding hydrogens is 403 g/mol. The molecule has 0 saturated carbocycles. The maximum atomic E-state index is 13.0. The number of nitrogens with zero attached hydrogens (tertiary/aromatic N) is 2. The van der Waals surface area contributed by atoms with Gasteiger partial charge in [-0.3, -0.25) is 4.79 Å². The number of halogens is 2. The summed E-state index contributed by atoms with van der Waals surface area (Å²) in [5.74, 6) is 0.403. The lowest BCUT2D eigenvalue weighted by molar-refractivity contribution is -0.138. The zero-order valence-electron chi connectivity index (χ0n) is 14.7. The van der Waals surface area contributed by atoms with E-state index in [2.05, 4.69) is 6.07 Å². The molecule has 0 aliphatic carbocycles. The summed E-state index contributed by atoms with van der Waals surface area (Å²) in [4.78, 5) is 19.7. The number of benzene rings is 2. The Labute approximate surface area is 171 Å². The van der Waals surface area contributed by atoms with Gasteiger partial charge in [0.05, 0.1) is 21.3 Å². The molecule has 0 radical (unpaired) electrons. The van der Waals surface area contributed by atoms with Gasteiger partial charge in [0.1, 0.15) is 10.8 Å². The van der Waals surface area contributed by atoms with Crippen LogP contribution < -0.4 is 4.74 Å². The average molecular weight is 421 g/mol. The fraction of sp³-hybridized carbons (Fsp3) is 0.300. The Bertz CT molecular complexity index is 958. The molecule has 2 aromatic carbocycles. The largest absolute Gasteiger partial charge is 0.479 e. The molecule has 0 spiro atoms. The molecule has 7 heteroatoms. The average Bonchev–Trinajstić information content (AvgIpc) is 3.29. The minimum absolute atomic E-state index is 0.00152. The number of thiazole rings is 1. The van der Waals surface area contributed by atoms with Gasteiger partial charge in [-0.1, -0.05) is 35.3 Å². The third kappa shape index (κ3) is 3.77. The lowest BCUT2D eigenvalue weighted by Gasteiger charge is -2.26. The molecule has 1 aliphatic heterocycles. The van der Waals surface area contributed by atoms with Crippen LogP contribution in [0.25, 0.3) is 10.2 Å². The van der Waals surface area contributed by atoms with Crippen molar-refractivity contribution < 1.29 is 9.53 Å². The summed E-state index contributed by atoms with van der Waals surface area (Å²) >= 11 is 13.7. The zero-order valence-corrected chi connectivity index (χ0v) is 17.0. The van der Waals surface area contributed by atoms with Crippen LogP contribution in [0.5, 0.6) is 5.75 Å². The molecule has 140 valence electrons. The molecule has 0 bridgehead atoms. The van der Waals surface area contributed by atoms with Crippen molar-refractivity contribution in [3.8, 4) is 5.75 Å². The van der Waals surface area contributed by atoms with E-state index in [0.717, 1.165) is 28.1 Å². The van der Waals surface area contributed by atoms with Crippen LogP contribution in [-0.4, -0.2) is 28.4 Å². The third-order valence-corrected chi connectivity index (χ3v) is 6.34. The second-order valence-corrected chi connectivity index (χ2v) is 8.45. The van der Waals surface area contributed by atoms with Crippen LogP contribution in [0.3, 0.4) is 0 Å². The van der Waals surface area contributed by atoms with Crippen molar-refractivity contribution in [2.45, 2.75) is 31.9 Å². The number of carbonyl (C=O) groups is 1. The van der Waals surface area contributed by atoms with Crippen LogP contribution in [0.2, 0.25) is 10.0 Å². The fourth-order valence-electron chi connectivity index (χ4n) is 3.36. The highest BCUT2D eigenvalue weighted by Crippen LogP contribution is 2.37. The number of fused-ring (bicyclic) bond motifs is 1. The number of rotatable bonds is 4. The maximum Gasteiger partial charge on any atom is 0.263 e. The van der Waals surface area contributed by atoms with E-state index in [1.807, 2.05) is 23.1 Å². The van der Waals surface area contributed by atoms with E-state index < -0.39 is 6.10 Å². The minimum Gasteiger partial charge on any atom is -0.479 e. The van der Waals surface area contributed by atoms with Gasteiger partial charge in [0, 0.05) is 11.6 Å². The Morgan fingerprint density at radius 1 is 1.30 bits per heavy atom. The van der Waals surface area contributed by atoms with E-state index in [-0.39, 0.29) is 11.9 Å². The molecule has 2 unspecified atom stereocenters. The molecule has 1 saturated heterocycles. The maximum absolute atomic E-state index is 13.0. The summed E-state index contributed by atoms with van der Waals surface area (Å²) in [5.41, 5.74) is 0.981. The fourth-order valence-corrected chi connectivity index (χ4v) is 4.93. The van der Waals surface area contributed by atoms with Crippen molar-refractivity contribution in [1.82, 2.24) is 9.88 Å². The van der Waals surface area contributed by atoms with Crippen molar-refractivity contribution in [2.24, 2.45) is 0 Å². The molecule has 2 heterocycles. The Kier molecular flexibility index (Phi) is 5.26. The number of hydrogen-bond acceptors (Lipinski definition) is 4. The van der Waals surface area contributed by atoms with E-state index in [1.54, 1.807) is 36.5 Å². The van der Waals surface area contributed by atoms with Crippen LogP contribution in [0, 0.1) is 0 Å². The predicted molar refractivity (Wildman–Crippen MR) is 110 cm³/mol. The first kappa shape index (κ1) is 18.5. The molecule has 3 aromatic rings. The number of aromatic nitrogens is 1. The number of likely N-dealkylation sites (tertiary alicyclic amines) is 1. The number of ether oxygens (including phenoxy) is 1. The normalized spacial score (nSPS) is 18.0. The summed E-state index contributed by atoms with van der Waals surface area (Å²) < 4.78 is 6.96. The number of carbonyl (C=O) groups excluding carboxylic acids is 1. The van der Waals surface area contributed by atoms with E-state index in [1.165, 1.54) is 0 Å². The van der Waals surface area contributed by atoms with Gasteiger partial charge < -0.3 is 9.64 Å². The molecule has 1 amide bonds. The van der Waals surface area contributed by atoms with Gasteiger partial charge in [-0.05, 0) is 50.1 Å². The lowest BCUT2D eigenvalue weighted by atomic mass is 10.2. The van der Waals surface area contributed by atoms with Gasteiger partial charge in [0.25, 0.3) is 5.91 Å². The number of para-hydroxylation sites is 1. The smallest absolute Gasteiger partial charge is 0.263 e. The van der Waals surface area contributed by atoms with E-state index in [0.29, 0.717) is 22.3 Å². The topological polar surface area (TPSA) is 42.4 Å². The van der Waals surface area contributed by atoms with Crippen LogP contribution in [0.15, 0.2) is 42.5 Å². The second kappa shape index (κ2) is 7.66. The van der Waals surface area contributed by atoms with Crippen molar-refractivity contribution in [3.63, 3.8) is 0 Å². The molecule has 0 N–H and O–H groups in total. The third-order valence-electron chi connectivity index (χ3n) is 4.68. The Morgan fingerprint density at radius 3 is 2.89 bits per heavy atom. The second-order valence-electron chi connectivity index (χ2n) is 6.54. The van der Waals surface area contributed by atoms with Crippen molar-refractivity contribution in [1.29, 1.82) is 0 Å². The number of amides is 1. The van der Waals surface area contributed by atoms with Crippen molar-refractivity contribution in [2.75, 3.05) is 6.54 Å². The molecule has 1 aromatic heterocycles. The Hall–Kier alpha value is -1.82. The van der Waals surface area contributed by atoms with E-state index >= 15 is 0 Å². The summed E-state index contributed by atoms with van der Waals surface area (Å²) in [6.07, 6.45) is 1.24. The molecule has 2 atom stereocenters. The van der Waals surface area contributed by atoms with Crippen LogP contribution in [-0.2, 0) is 4.79 Å². The van der Waals surface area contributed by atoms with Gasteiger partial charge in [0.15, 0.2) is 6.10 Å². The van der Waals surface area contributed by atoms with Gasteiger partial charge in [-0.15, -0.1) is 11.3 Å².